The number of rotatable bonds is 3. The van der Waals surface area contributed by atoms with Crippen LogP contribution in [0.1, 0.15) is 17.2 Å². The molecule has 1 amide bonds. The van der Waals surface area contributed by atoms with E-state index in [1.807, 2.05) is 6.07 Å². The topological polar surface area (TPSA) is 89.0 Å². The predicted molar refractivity (Wildman–Crippen MR) is 136 cm³/mol. The van der Waals surface area contributed by atoms with E-state index in [1.54, 1.807) is 36.4 Å². The highest BCUT2D eigenvalue weighted by Crippen LogP contribution is 2.45. The van der Waals surface area contributed by atoms with E-state index >= 15 is 0 Å². The van der Waals surface area contributed by atoms with Gasteiger partial charge in [0.25, 0.3) is 5.78 Å². The maximum Gasteiger partial charge on any atom is 0.301 e. The molecule has 7 nitrogen and oxygen atoms in total. The molecular formula is C26H16BrFN2O5S. The van der Waals surface area contributed by atoms with Crippen molar-refractivity contribution in [1.29, 1.82) is 0 Å². The molecule has 3 heterocycles. The number of hydrogen-bond donors (Lipinski definition) is 1. The Bertz CT molecular complexity index is 1600. The molecule has 0 saturated carbocycles. The lowest BCUT2D eigenvalue weighted by Gasteiger charge is -2.23. The number of carbonyl (C=O) groups is 2. The summed E-state index contributed by atoms with van der Waals surface area (Å²) >= 11 is 4.54. The number of halogens is 2. The summed E-state index contributed by atoms with van der Waals surface area (Å²) in [5.74, 6) is -1.49. The van der Waals surface area contributed by atoms with E-state index in [0.717, 1.165) is 15.8 Å². The van der Waals surface area contributed by atoms with E-state index in [9.17, 15) is 19.1 Å². The first kappa shape index (κ1) is 22.7. The van der Waals surface area contributed by atoms with Crippen molar-refractivity contribution in [3.05, 3.63) is 87.7 Å². The van der Waals surface area contributed by atoms with Gasteiger partial charge in [0.15, 0.2) is 16.6 Å². The smallest absolute Gasteiger partial charge is 0.301 e. The molecule has 0 aliphatic carbocycles. The third-order valence-electron chi connectivity index (χ3n) is 5.97. The molecule has 36 heavy (non-hydrogen) atoms. The fourth-order valence-corrected chi connectivity index (χ4v) is 5.79. The molecule has 1 fully saturated rings. The first-order valence-corrected chi connectivity index (χ1v) is 12.5. The molecule has 6 rings (SSSR count). The second kappa shape index (κ2) is 8.72. The normalized spacial score (nSPS) is 18.7. The summed E-state index contributed by atoms with van der Waals surface area (Å²) in [6, 6.07) is 15.1. The third-order valence-corrected chi connectivity index (χ3v) is 7.48. The molecule has 0 spiro atoms. The Morgan fingerprint density at radius 1 is 1.06 bits per heavy atom. The van der Waals surface area contributed by atoms with Crippen molar-refractivity contribution < 1.29 is 28.6 Å². The van der Waals surface area contributed by atoms with Gasteiger partial charge in [-0.05, 0) is 54.1 Å². The maximum atomic E-state index is 13.8. The molecule has 0 bridgehead atoms. The van der Waals surface area contributed by atoms with Gasteiger partial charge in [0, 0.05) is 10.0 Å². The van der Waals surface area contributed by atoms with E-state index in [0.29, 0.717) is 46.1 Å². The Kier molecular flexibility index (Phi) is 5.50. The SMILES string of the molecule is O=C1C(=O)N(c2nc3ccc(F)cc3s2)C(c2cccc(Br)c2)C1=C(O)c1ccc2c(c1)OCCO2. The first-order chi connectivity index (χ1) is 17.4. The summed E-state index contributed by atoms with van der Waals surface area (Å²) in [7, 11) is 0. The lowest BCUT2D eigenvalue weighted by molar-refractivity contribution is -0.132. The monoisotopic (exact) mass is 566 g/mol. The number of nitrogens with zero attached hydrogens (tertiary/aromatic N) is 2. The van der Waals surface area contributed by atoms with Crippen LogP contribution in [0.5, 0.6) is 11.5 Å². The van der Waals surface area contributed by atoms with Crippen molar-refractivity contribution in [2.75, 3.05) is 18.1 Å². The average molecular weight is 567 g/mol. The molecular weight excluding hydrogens is 551 g/mol. The number of thiazole rings is 1. The summed E-state index contributed by atoms with van der Waals surface area (Å²) in [6.07, 6.45) is 0. The van der Waals surface area contributed by atoms with Gasteiger partial charge in [-0.2, -0.15) is 0 Å². The number of aromatic nitrogens is 1. The minimum absolute atomic E-state index is 0.0831. The standard InChI is InChI=1S/C26H16BrFN2O5S/c27-15-3-1-2-13(10-15)22-21(23(31)14-4-7-18-19(11-14)35-9-8-34-18)24(32)25(33)30(22)26-29-17-6-5-16(28)12-20(17)36-26/h1-7,10-12,22,31H,8-9H2. The van der Waals surface area contributed by atoms with Crippen molar-refractivity contribution >= 4 is 60.1 Å². The number of aliphatic hydroxyl groups excluding tert-OH is 1. The summed E-state index contributed by atoms with van der Waals surface area (Å²) in [5, 5.41) is 11.6. The first-order valence-electron chi connectivity index (χ1n) is 10.9. The van der Waals surface area contributed by atoms with Crippen molar-refractivity contribution in [1.82, 2.24) is 4.98 Å². The number of aliphatic hydroxyl groups is 1. The van der Waals surface area contributed by atoms with Gasteiger partial charge < -0.3 is 14.6 Å². The van der Waals surface area contributed by atoms with Crippen LogP contribution >= 0.6 is 27.3 Å². The van der Waals surface area contributed by atoms with Gasteiger partial charge in [-0.25, -0.2) is 9.37 Å². The summed E-state index contributed by atoms with van der Waals surface area (Å²) in [6.45, 7) is 0.774. The van der Waals surface area contributed by atoms with Gasteiger partial charge in [-0.3, -0.25) is 14.5 Å². The van der Waals surface area contributed by atoms with E-state index in [-0.39, 0.29) is 16.5 Å². The highest BCUT2D eigenvalue weighted by atomic mass is 79.9. The van der Waals surface area contributed by atoms with Crippen LogP contribution < -0.4 is 14.4 Å². The number of benzene rings is 3. The number of anilines is 1. The van der Waals surface area contributed by atoms with Gasteiger partial charge in [-0.15, -0.1) is 0 Å². The molecule has 10 heteroatoms. The van der Waals surface area contributed by atoms with Crippen LogP contribution in [0.15, 0.2) is 70.7 Å². The van der Waals surface area contributed by atoms with Gasteiger partial charge in [0.2, 0.25) is 0 Å². The Labute approximate surface area is 216 Å². The van der Waals surface area contributed by atoms with E-state index in [2.05, 4.69) is 20.9 Å². The predicted octanol–water partition coefficient (Wildman–Crippen LogP) is 5.60. The molecule has 3 aromatic carbocycles. The van der Waals surface area contributed by atoms with Crippen LogP contribution in [0.2, 0.25) is 0 Å². The van der Waals surface area contributed by atoms with Gasteiger partial charge >= 0.3 is 5.91 Å². The average Bonchev–Trinajstić information content (AvgIpc) is 3.41. The molecule has 1 atom stereocenters. The zero-order valence-electron chi connectivity index (χ0n) is 18.4. The number of Topliss-reactive ketones (excluding diaryl/α,β-unsaturated/α-hetero) is 1. The summed E-state index contributed by atoms with van der Waals surface area (Å²) in [5.41, 5.74) is 1.31. The molecule has 180 valence electrons. The van der Waals surface area contributed by atoms with Crippen LogP contribution in [0.4, 0.5) is 9.52 Å². The lowest BCUT2D eigenvalue weighted by Crippen LogP contribution is -2.29. The Balaban J connectivity index is 1.54. The van der Waals surface area contributed by atoms with Crippen molar-refractivity contribution in [2.24, 2.45) is 0 Å². The Morgan fingerprint density at radius 3 is 2.67 bits per heavy atom. The van der Waals surface area contributed by atoms with Gasteiger partial charge in [0.1, 0.15) is 24.8 Å². The molecule has 4 aromatic rings. The number of ketones is 1. The number of amides is 1. The number of ether oxygens (including phenoxy) is 2. The largest absolute Gasteiger partial charge is 0.507 e. The minimum atomic E-state index is -0.957. The van der Waals surface area contributed by atoms with Gasteiger partial charge in [0.05, 0.1) is 21.8 Å². The zero-order valence-corrected chi connectivity index (χ0v) is 20.8. The molecule has 2 aliphatic heterocycles. The maximum absolute atomic E-state index is 13.8. The molecule has 2 aliphatic rings. The quantitative estimate of drug-likeness (QED) is 0.197. The summed E-state index contributed by atoms with van der Waals surface area (Å²) in [4.78, 5) is 32.5. The van der Waals surface area contributed by atoms with Crippen LogP contribution in [0, 0.1) is 5.82 Å². The summed E-state index contributed by atoms with van der Waals surface area (Å²) < 4.78 is 26.2. The number of hydrogen-bond acceptors (Lipinski definition) is 7. The number of fused-ring (bicyclic) bond motifs is 2. The third kappa shape index (κ3) is 3.73. The number of carbonyl (C=O) groups excluding carboxylic acids is 2. The van der Waals surface area contributed by atoms with Crippen LogP contribution in [-0.2, 0) is 9.59 Å². The highest BCUT2D eigenvalue weighted by molar-refractivity contribution is 9.10. The fraction of sp³-hybridized carbons (Fsp3) is 0.115. The molecule has 1 aromatic heterocycles. The minimum Gasteiger partial charge on any atom is -0.507 e. The van der Waals surface area contributed by atoms with Crippen molar-refractivity contribution in [2.45, 2.75) is 6.04 Å². The fourth-order valence-electron chi connectivity index (χ4n) is 4.36. The molecule has 1 saturated heterocycles. The lowest BCUT2D eigenvalue weighted by atomic mass is 9.95. The van der Waals surface area contributed by atoms with E-state index in [1.165, 1.54) is 23.1 Å². The van der Waals surface area contributed by atoms with Crippen LogP contribution in [0.3, 0.4) is 0 Å². The molecule has 1 N–H and O–H groups in total. The zero-order chi connectivity index (χ0) is 25.0. The second-order valence-electron chi connectivity index (χ2n) is 8.19. The molecule has 1 unspecified atom stereocenters. The van der Waals surface area contributed by atoms with Crippen molar-refractivity contribution in [3.8, 4) is 11.5 Å². The Morgan fingerprint density at radius 2 is 1.86 bits per heavy atom. The highest BCUT2D eigenvalue weighted by Gasteiger charge is 2.48. The molecule has 0 radical (unpaired) electrons. The van der Waals surface area contributed by atoms with E-state index < -0.39 is 23.5 Å². The van der Waals surface area contributed by atoms with Crippen molar-refractivity contribution in [3.63, 3.8) is 0 Å². The van der Waals surface area contributed by atoms with Gasteiger partial charge in [-0.1, -0.05) is 39.4 Å². The van der Waals surface area contributed by atoms with Crippen LogP contribution in [0.25, 0.3) is 16.0 Å². The van der Waals surface area contributed by atoms with Crippen LogP contribution in [-0.4, -0.2) is 35.0 Å². The second-order valence-corrected chi connectivity index (χ2v) is 10.1. The Hall–Kier alpha value is -3.76. The van der Waals surface area contributed by atoms with E-state index in [4.69, 9.17) is 9.47 Å².